The molecule has 0 fully saturated rings. The van der Waals surface area contributed by atoms with E-state index in [2.05, 4.69) is 9.97 Å². The third-order valence-corrected chi connectivity index (χ3v) is 3.53. The number of carboxylic acids is 1. The lowest BCUT2D eigenvalue weighted by atomic mass is 10.1. The molecule has 1 aromatic heterocycles. The van der Waals surface area contributed by atoms with Crippen molar-refractivity contribution >= 4 is 22.6 Å². The lowest BCUT2D eigenvalue weighted by Gasteiger charge is -2.08. The highest BCUT2D eigenvalue weighted by atomic mass is 19.4. The van der Waals surface area contributed by atoms with E-state index >= 15 is 0 Å². The molecule has 0 aliphatic rings. The monoisotopic (exact) mass is 411 g/mol. The van der Waals surface area contributed by atoms with Gasteiger partial charge in [-0.2, -0.15) is 13.2 Å². The second kappa shape index (κ2) is 8.37. The van der Waals surface area contributed by atoms with Crippen LogP contribution in [0.1, 0.15) is 0 Å². The van der Waals surface area contributed by atoms with Gasteiger partial charge in [-0.3, -0.25) is 10.1 Å². The summed E-state index contributed by atoms with van der Waals surface area (Å²) in [6.07, 6.45) is -3.70. The van der Waals surface area contributed by atoms with E-state index in [-0.39, 0.29) is 11.4 Å². The van der Waals surface area contributed by atoms with Crippen molar-refractivity contribution in [3.05, 3.63) is 52.8 Å². The van der Waals surface area contributed by atoms with Crippen LogP contribution >= 0.6 is 0 Å². The molecule has 0 saturated heterocycles. The molecule has 1 heterocycles. The lowest BCUT2D eigenvalue weighted by Crippen LogP contribution is -2.21. The smallest absolute Gasteiger partial charge is 0.490 e. The Morgan fingerprint density at radius 2 is 1.76 bits per heavy atom. The molecule has 0 spiro atoms. The van der Waals surface area contributed by atoms with Crippen LogP contribution in [0.5, 0.6) is 11.5 Å². The average molecular weight is 411 g/mol. The Hall–Kier alpha value is -3.96. The fourth-order valence-corrected chi connectivity index (χ4v) is 2.21. The number of hydrogen-bond acceptors (Lipinski definition) is 7. The number of aromatic hydroxyl groups is 1. The summed E-state index contributed by atoms with van der Waals surface area (Å²) in [6.45, 7) is 0. The zero-order valence-electron chi connectivity index (χ0n) is 14.5. The van der Waals surface area contributed by atoms with Gasteiger partial charge in [-0.15, -0.1) is 0 Å². The van der Waals surface area contributed by atoms with Gasteiger partial charge >= 0.3 is 12.1 Å². The Morgan fingerprint density at radius 1 is 1.17 bits per heavy atom. The van der Waals surface area contributed by atoms with Crippen LogP contribution in [0.25, 0.3) is 22.2 Å². The Morgan fingerprint density at radius 3 is 2.24 bits per heavy atom. The summed E-state index contributed by atoms with van der Waals surface area (Å²) in [6, 6.07) is 9.21. The topological polar surface area (TPSA) is 136 Å². The maximum absolute atomic E-state index is 10.7. The summed E-state index contributed by atoms with van der Waals surface area (Å²) in [5.74, 6) is -2.46. The fraction of sp³-hybridized carbons (Fsp3) is 0.118. The van der Waals surface area contributed by atoms with Crippen LogP contribution in [0.15, 0.2) is 42.7 Å². The number of methoxy groups -OCH3 is 1. The van der Waals surface area contributed by atoms with Crippen LogP contribution < -0.4 is 4.74 Å². The number of ether oxygens (including phenoxy) is 1. The molecule has 152 valence electrons. The minimum atomic E-state index is -5.08. The molecule has 0 aliphatic carbocycles. The summed E-state index contributed by atoms with van der Waals surface area (Å²) in [4.78, 5) is 27.5. The summed E-state index contributed by atoms with van der Waals surface area (Å²) in [5, 5.41) is 28.3. The van der Waals surface area contributed by atoms with Crippen molar-refractivity contribution in [3.63, 3.8) is 0 Å². The molecule has 3 rings (SSSR count). The number of aromatic nitrogens is 2. The van der Waals surface area contributed by atoms with Crippen LogP contribution in [-0.4, -0.2) is 44.4 Å². The van der Waals surface area contributed by atoms with Crippen molar-refractivity contribution in [1.29, 1.82) is 0 Å². The number of aliphatic carboxylic acids is 1. The Labute approximate surface area is 160 Å². The summed E-state index contributed by atoms with van der Waals surface area (Å²) in [5.41, 5.74) is 1.89. The number of non-ortho nitro benzene ring substituents is 1. The summed E-state index contributed by atoms with van der Waals surface area (Å²) < 4.78 is 36.8. The Bertz CT molecular complexity index is 1050. The molecule has 12 heteroatoms. The predicted octanol–water partition coefficient (Wildman–Crippen LogP) is 3.55. The number of halogens is 3. The molecule has 0 aliphatic heterocycles. The second-order valence-corrected chi connectivity index (χ2v) is 5.37. The molecule has 2 aromatic carbocycles. The van der Waals surface area contributed by atoms with Crippen molar-refractivity contribution in [2.24, 2.45) is 0 Å². The molecular formula is C17H12F3N3O6. The third kappa shape index (κ3) is 5.06. The van der Waals surface area contributed by atoms with Crippen molar-refractivity contribution in [2.75, 3.05) is 7.11 Å². The van der Waals surface area contributed by atoms with E-state index in [1.165, 1.54) is 31.6 Å². The van der Waals surface area contributed by atoms with Gasteiger partial charge in [0.25, 0.3) is 5.69 Å². The van der Waals surface area contributed by atoms with Crippen molar-refractivity contribution < 1.29 is 37.8 Å². The first-order valence-electron chi connectivity index (χ1n) is 7.61. The molecular weight excluding hydrogens is 399 g/mol. The van der Waals surface area contributed by atoms with Crippen LogP contribution in [0.2, 0.25) is 0 Å². The maximum Gasteiger partial charge on any atom is 0.490 e. The first kappa shape index (κ1) is 21.3. The molecule has 0 bridgehead atoms. The highest BCUT2D eigenvalue weighted by Gasteiger charge is 2.38. The number of rotatable bonds is 3. The van der Waals surface area contributed by atoms with Crippen LogP contribution in [0, 0.1) is 10.1 Å². The number of nitro groups is 1. The standard InChI is InChI=1S/C15H11N3O4.C2HF3O2/c1-22-14-6-11-12(7-13(14)19)16-8-17-15(11)9-2-4-10(5-3-9)18(20)21;3-2(4,5)1(6)7/h2-8,19H,1H3;(H,6,7). The number of fused-ring (bicyclic) bond motifs is 1. The molecule has 0 atom stereocenters. The highest BCUT2D eigenvalue weighted by molar-refractivity contribution is 5.94. The summed E-state index contributed by atoms with van der Waals surface area (Å²) in [7, 11) is 1.45. The molecule has 2 N–H and O–H groups in total. The van der Waals surface area contributed by atoms with Gasteiger partial charge < -0.3 is 14.9 Å². The minimum absolute atomic E-state index is 0.0108. The predicted molar refractivity (Wildman–Crippen MR) is 93.5 cm³/mol. The van der Waals surface area contributed by atoms with Crippen molar-refractivity contribution in [2.45, 2.75) is 6.18 Å². The molecule has 0 saturated carbocycles. The number of benzene rings is 2. The number of nitro benzene ring substituents is 1. The first-order chi connectivity index (χ1) is 13.5. The molecule has 3 aromatic rings. The van der Waals surface area contributed by atoms with Gasteiger partial charge in [0.15, 0.2) is 11.5 Å². The molecule has 0 unspecified atom stereocenters. The Balaban J connectivity index is 0.000000370. The Kier molecular flexibility index (Phi) is 6.16. The number of alkyl halides is 3. The maximum atomic E-state index is 10.7. The van der Waals surface area contributed by atoms with E-state index in [1.54, 1.807) is 18.2 Å². The summed E-state index contributed by atoms with van der Waals surface area (Å²) >= 11 is 0. The van der Waals surface area contributed by atoms with Gasteiger partial charge in [0.1, 0.15) is 6.33 Å². The van der Waals surface area contributed by atoms with Gasteiger partial charge in [-0.25, -0.2) is 14.8 Å². The van der Waals surface area contributed by atoms with E-state index in [0.717, 1.165) is 0 Å². The minimum Gasteiger partial charge on any atom is -0.504 e. The normalized spacial score (nSPS) is 10.8. The van der Waals surface area contributed by atoms with E-state index in [1.807, 2.05) is 0 Å². The number of nitrogens with zero attached hydrogens (tertiary/aromatic N) is 3. The first-order valence-corrected chi connectivity index (χ1v) is 7.61. The van der Waals surface area contributed by atoms with Crippen LogP contribution in [-0.2, 0) is 4.79 Å². The van der Waals surface area contributed by atoms with Gasteiger partial charge in [-0.1, -0.05) is 0 Å². The lowest BCUT2D eigenvalue weighted by molar-refractivity contribution is -0.384. The fourth-order valence-electron chi connectivity index (χ4n) is 2.21. The van der Waals surface area contributed by atoms with Crippen LogP contribution in [0.3, 0.4) is 0 Å². The second-order valence-electron chi connectivity index (χ2n) is 5.37. The van der Waals surface area contributed by atoms with Gasteiger partial charge in [0.2, 0.25) is 0 Å². The molecule has 9 nitrogen and oxygen atoms in total. The highest BCUT2D eigenvalue weighted by Crippen LogP contribution is 2.34. The van der Waals surface area contributed by atoms with E-state index in [4.69, 9.17) is 14.6 Å². The average Bonchev–Trinajstić information content (AvgIpc) is 2.66. The zero-order chi connectivity index (χ0) is 21.8. The number of carboxylic acid groups (broad SMARTS) is 1. The number of hydrogen-bond donors (Lipinski definition) is 2. The number of carbonyl (C=O) groups is 1. The largest absolute Gasteiger partial charge is 0.504 e. The van der Waals surface area contributed by atoms with E-state index in [9.17, 15) is 28.4 Å². The van der Waals surface area contributed by atoms with Crippen molar-refractivity contribution in [1.82, 2.24) is 9.97 Å². The van der Waals surface area contributed by atoms with Crippen molar-refractivity contribution in [3.8, 4) is 22.8 Å². The molecule has 29 heavy (non-hydrogen) atoms. The van der Waals surface area contributed by atoms with Gasteiger partial charge in [0, 0.05) is 29.1 Å². The van der Waals surface area contributed by atoms with Crippen LogP contribution in [0.4, 0.5) is 18.9 Å². The quantitative estimate of drug-likeness (QED) is 0.493. The van der Waals surface area contributed by atoms with E-state index < -0.39 is 17.1 Å². The third-order valence-electron chi connectivity index (χ3n) is 3.53. The van der Waals surface area contributed by atoms with E-state index in [0.29, 0.717) is 27.9 Å². The molecule has 0 radical (unpaired) electrons. The molecule has 0 amide bonds. The zero-order valence-corrected chi connectivity index (χ0v) is 14.5. The van der Waals surface area contributed by atoms with Gasteiger partial charge in [-0.05, 0) is 18.2 Å². The number of phenolic OH excluding ortho intramolecular Hbond substituents is 1. The number of phenols is 1. The van der Waals surface area contributed by atoms with Gasteiger partial charge in [0.05, 0.1) is 23.2 Å². The SMILES string of the molecule is COc1cc2c(-c3ccc([N+](=O)[O-])cc3)ncnc2cc1O.O=C(O)C(F)(F)F.